The van der Waals surface area contributed by atoms with E-state index in [0.717, 1.165) is 11.5 Å². The lowest BCUT2D eigenvalue weighted by atomic mass is 10.3. The van der Waals surface area contributed by atoms with Crippen molar-refractivity contribution in [2.75, 3.05) is 13.2 Å². The number of esters is 1. The molecule has 0 saturated heterocycles. The molecule has 0 aliphatic carbocycles. The highest BCUT2D eigenvalue weighted by Gasteiger charge is 2.22. The summed E-state index contributed by atoms with van der Waals surface area (Å²) >= 11 is 1.52. The van der Waals surface area contributed by atoms with Gasteiger partial charge in [-0.1, -0.05) is 6.08 Å². The quantitative estimate of drug-likeness (QED) is 0.596. The van der Waals surface area contributed by atoms with Gasteiger partial charge in [0, 0.05) is 10.8 Å². The van der Waals surface area contributed by atoms with Gasteiger partial charge in [-0.3, -0.25) is 4.79 Å². The van der Waals surface area contributed by atoms with E-state index in [0.29, 0.717) is 6.61 Å². The van der Waals surface area contributed by atoms with Crippen molar-refractivity contribution in [2.24, 2.45) is 0 Å². The van der Waals surface area contributed by atoms with E-state index in [-0.39, 0.29) is 25.1 Å². The van der Waals surface area contributed by atoms with Gasteiger partial charge in [-0.2, -0.15) is 0 Å². The SMILES string of the molecule is C=CCC(=O)OCC1COc2cscc2O1. The van der Waals surface area contributed by atoms with Crippen LogP contribution in [0.15, 0.2) is 23.4 Å². The van der Waals surface area contributed by atoms with Crippen LogP contribution < -0.4 is 9.47 Å². The van der Waals surface area contributed by atoms with Crippen molar-refractivity contribution in [3.05, 3.63) is 23.4 Å². The Labute approximate surface area is 97.4 Å². The first kappa shape index (κ1) is 11.0. The van der Waals surface area contributed by atoms with E-state index < -0.39 is 0 Å². The number of carbonyl (C=O) groups excluding carboxylic acids is 1. The van der Waals surface area contributed by atoms with Crippen molar-refractivity contribution in [3.63, 3.8) is 0 Å². The summed E-state index contributed by atoms with van der Waals surface area (Å²) in [5, 5.41) is 3.75. The second kappa shape index (κ2) is 5.03. The molecule has 16 heavy (non-hydrogen) atoms. The summed E-state index contributed by atoms with van der Waals surface area (Å²) in [4.78, 5) is 11.1. The first-order valence-corrected chi connectivity index (χ1v) is 5.86. The second-order valence-electron chi connectivity index (χ2n) is 3.33. The van der Waals surface area contributed by atoms with Gasteiger partial charge in [-0.25, -0.2) is 0 Å². The maximum atomic E-state index is 11.1. The molecule has 2 rings (SSSR count). The summed E-state index contributed by atoms with van der Waals surface area (Å²) in [5.41, 5.74) is 0. The average Bonchev–Trinajstić information content (AvgIpc) is 2.74. The number of thiophene rings is 1. The molecule has 1 unspecified atom stereocenters. The third-order valence-corrected chi connectivity index (χ3v) is 2.75. The molecule has 0 N–H and O–H groups in total. The Bertz CT molecular complexity index is 385. The highest BCUT2D eigenvalue weighted by atomic mass is 32.1. The number of ether oxygens (including phenoxy) is 3. The third kappa shape index (κ3) is 2.55. The monoisotopic (exact) mass is 240 g/mol. The largest absolute Gasteiger partial charge is 0.485 e. The third-order valence-electron chi connectivity index (χ3n) is 2.05. The molecule has 0 aromatic carbocycles. The van der Waals surface area contributed by atoms with Crippen LogP contribution in [-0.2, 0) is 9.53 Å². The second-order valence-corrected chi connectivity index (χ2v) is 4.07. The van der Waals surface area contributed by atoms with Gasteiger partial charge >= 0.3 is 5.97 Å². The summed E-state index contributed by atoms with van der Waals surface area (Å²) in [6.45, 7) is 4.08. The van der Waals surface area contributed by atoms with Gasteiger partial charge in [-0.05, 0) is 0 Å². The van der Waals surface area contributed by atoms with Crippen molar-refractivity contribution in [1.82, 2.24) is 0 Å². The van der Waals surface area contributed by atoms with Crippen LogP contribution in [0, 0.1) is 0 Å². The van der Waals surface area contributed by atoms with Gasteiger partial charge in [0.05, 0.1) is 6.42 Å². The Kier molecular flexibility index (Phi) is 3.46. The smallest absolute Gasteiger partial charge is 0.309 e. The molecule has 0 spiro atoms. The minimum atomic E-state index is -0.297. The van der Waals surface area contributed by atoms with Crippen molar-refractivity contribution in [3.8, 4) is 11.5 Å². The van der Waals surface area contributed by atoms with Crippen LogP contribution in [0.1, 0.15) is 6.42 Å². The molecular formula is C11H12O4S. The average molecular weight is 240 g/mol. The van der Waals surface area contributed by atoms with Crippen molar-refractivity contribution in [2.45, 2.75) is 12.5 Å². The predicted molar refractivity (Wildman–Crippen MR) is 60.0 cm³/mol. The fourth-order valence-corrected chi connectivity index (χ4v) is 1.98. The lowest BCUT2D eigenvalue weighted by molar-refractivity contribution is -0.145. The molecule has 5 heteroatoms. The van der Waals surface area contributed by atoms with Crippen LogP contribution in [0.25, 0.3) is 0 Å². The standard InChI is InChI=1S/C11H12O4S/c1-2-3-11(12)14-5-8-4-13-9-6-16-7-10(9)15-8/h2,6-8H,1,3-5H2. The van der Waals surface area contributed by atoms with E-state index in [4.69, 9.17) is 14.2 Å². The Morgan fingerprint density at radius 2 is 2.44 bits per heavy atom. The minimum absolute atomic E-state index is 0.210. The molecule has 0 bridgehead atoms. The summed E-state index contributed by atoms with van der Waals surface area (Å²) in [6.07, 6.45) is 1.50. The highest BCUT2D eigenvalue weighted by Crippen LogP contribution is 2.35. The summed E-state index contributed by atoms with van der Waals surface area (Å²) in [6, 6.07) is 0. The molecule has 4 nitrogen and oxygen atoms in total. The summed E-state index contributed by atoms with van der Waals surface area (Å²) in [5.74, 6) is 1.19. The fraction of sp³-hybridized carbons (Fsp3) is 0.364. The van der Waals surface area contributed by atoms with Crippen LogP contribution in [0.3, 0.4) is 0 Å². The molecule has 0 saturated carbocycles. The Morgan fingerprint density at radius 3 is 3.25 bits per heavy atom. The zero-order valence-electron chi connectivity index (χ0n) is 8.68. The molecule has 1 aliphatic heterocycles. The minimum Gasteiger partial charge on any atom is -0.485 e. The molecular weight excluding hydrogens is 228 g/mol. The van der Waals surface area contributed by atoms with Crippen LogP contribution in [0.2, 0.25) is 0 Å². The van der Waals surface area contributed by atoms with Gasteiger partial charge in [0.15, 0.2) is 17.6 Å². The summed E-state index contributed by atoms with van der Waals surface area (Å²) in [7, 11) is 0. The lowest BCUT2D eigenvalue weighted by Crippen LogP contribution is -2.33. The zero-order valence-corrected chi connectivity index (χ0v) is 9.50. The van der Waals surface area contributed by atoms with Gasteiger partial charge in [-0.15, -0.1) is 17.9 Å². The van der Waals surface area contributed by atoms with Crippen LogP contribution in [-0.4, -0.2) is 25.3 Å². The Morgan fingerprint density at radius 1 is 1.62 bits per heavy atom. The van der Waals surface area contributed by atoms with E-state index in [1.807, 2.05) is 10.8 Å². The molecule has 1 aromatic heterocycles. The molecule has 0 amide bonds. The molecule has 0 radical (unpaired) electrons. The first-order chi connectivity index (χ1) is 7.79. The molecule has 2 heterocycles. The Balaban J connectivity index is 1.81. The number of rotatable bonds is 4. The normalized spacial score (nSPS) is 17.9. The number of hydrogen-bond acceptors (Lipinski definition) is 5. The molecule has 1 aromatic rings. The molecule has 0 fully saturated rings. The van der Waals surface area contributed by atoms with E-state index >= 15 is 0 Å². The van der Waals surface area contributed by atoms with Crippen LogP contribution >= 0.6 is 11.3 Å². The predicted octanol–water partition coefficient (Wildman–Crippen LogP) is 2.01. The van der Waals surface area contributed by atoms with Crippen molar-refractivity contribution in [1.29, 1.82) is 0 Å². The van der Waals surface area contributed by atoms with Gasteiger partial charge in [0.2, 0.25) is 0 Å². The van der Waals surface area contributed by atoms with Gasteiger partial charge in [0.25, 0.3) is 0 Å². The Hall–Kier alpha value is -1.49. The highest BCUT2D eigenvalue weighted by molar-refractivity contribution is 7.08. The maximum Gasteiger partial charge on any atom is 0.309 e. The van der Waals surface area contributed by atoms with Crippen LogP contribution in [0.4, 0.5) is 0 Å². The van der Waals surface area contributed by atoms with E-state index in [9.17, 15) is 4.79 Å². The van der Waals surface area contributed by atoms with Crippen molar-refractivity contribution >= 4 is 17.3 Å². The summed E-state index contributed by atoms with van der Waals surface area (Å²) < 4.78 is 16.0. The zero-order chi connectivity index (χ0) is 11.4. The number of fused-ring (bicyclic) bond motifs is 1. The molecule has 86 valence electrons. The fourth-order valence-electron chi connectivity index (χ4n) is 1.31. The van der Waals surface area contributed by atoms with Gasteiger partial charge < -0.3 is 14.2 Å². The number of hydrogen-bond donors (Lipinski definition) is 0. The van der Waals surface area contributed by atoms with E-state index in [1.165, 1.54) is 17.4 Å². The number of carbonyl (C=O) groups is 1. The lowest BCUT2D eigenvalue weighted by Gasteiger charge is -2.23. The molecule has 1 aliphatic rings. The first-order valence-electron chi connectivity index (χ1n) is 4.91. The van der Waals surface area contributed by atoms with Crippen molar-refractivity contribution < 1.29 is 19.0 Å². The topological polar surface area (TPSA) is 44.8 Å². The maximum absolute atomic E-state index is 11.1. The van der Waals surface area contributed by atoms with E-state index in [2.05, 4.69) is 6.58 Å². The van der Waals surface area contributed by atoms with Gasteiger partial charge in [0.1, 0.15) is 13.2 Å². The molecule has 1 atom stereocenters. The van der Waals surface area contributed by atoms with Crippen LogP contribution in [0.5, 0.6) is 11.5 Å². The van der Waals surface area contributed by atoms with E-state index in [1.54, 1.807) is 0 Å².